The molecular formula is C13H18FNO. The Morgan fingerprint density at radius 1 is 1.44 bits per heavy atom. The molecule has 1 aromatic carbocycles. The van der Waals surface area contributed by atoms with Gasteiger partial charge >= 0.3 is 0 Å². The third-order valence-electron chi connectivity index (χ3n) is 3.28. The molecule has 0 bridgehead atoms. The van der Waals surface area contributed by atoms with Crippen LogP contribution in [-0.2, 0) is 0 Å². The quantitative estimate of drug-likeness (QED) is 0.850. The van der Waals surface area contributed by atoms with Crippen molar-refractivity contribution in [2.45, 2.75) is 31.9 Å². The van der Waals surface area contributed by atoms with Gasteiger partial charge in [0, 0.05) is 19.1 Å². The Labute approximate surface area is 95.7 Å². The minimum atomic E-state index is -0.200. The van der Waals surface area contributed by atoms with Crippen molar-refractivity contribution < 1.29 is 9.50 Å². The molecule has 0 spiro atoms. The minimum absolute atomic E-state index is 0.194. The third-order valence-corrected chi connectivity index (χ3v) is 3.28. The first-order chi connectivity index (χ1) is 7.70. The van der Waals surface area contributed by atoms with Crippen molar-refractivity contribution in [3.8, 4) is 0 Å². The summed E-state index contributed by atoms with van der Waals surface area (Å²) in [5.41, 5.74) is 1.14. The number of aliphatic hydroxyl groups is 1. The van der Waals surface area contributed by atoms with Gasteiger partial charge in [-0.1, -0.05) is 19.1 Å². The van der Waals surface area contributed by atoms with Crippen molar-refractivity contribution >= 4 is 0 Å². The summed E-state index contributed by atoms with van der Waals surface area (Å²) in [5.74, 6) is -0.194. The summed E-state index contributed by atoms with van der Waals surface area (Å²) in [5, 5.41) is 9.53. The minimum Gasteiger partial charge on any atom is -0.392 e. The van der Waals surface area contributed by atoms with Gasteiger partial charge < -0.3 is 5.11 Å². The number of aliphatic hydroxyl groups excluding tert-OH is 1. The maximum absolute atomic E-state index is 12.8. The molecule has 0 aliphatic carbocycles. The van der Waals surface area contributed by atoms with Gasteiger partial charge in [0.2, 0.25) is 0 Å². The van der Waals surface area contributed by atoms with Crippen LogP contribution in [-0.4, -0.2) is 29.2 Å². The maximum atomic E-state index is 12.8. The standard InChI is InChI=1S/C13H18FNO/c1-2-13(15-8-7-12(16)9-15)10-3-5-11(14)6-4-10/h3-6,12-13,16H,2,7-9H2,1H3/t12-,13?/m0/s1. The lowest BCUT2D eigenvalue weighted by molar-refractivity contribution is 0.157. The molecule has 1 heterocycles. The molecule has 0 aromatic heterocycles. The Bertz CT molecular complexity index is 338. The fraction of sp³-hybridized carbons (Fsp3) is 0.538. The summed E-state index contributed by atoms with van der Waals surface area (Å²) in [6.45, 7) is 3.78. The van der Waals surface area contributed by atoms with Gasteiger partial charge in [-0.15, -0.1) is 0 Å². The molecule has 3 heteroatoms. The Balaban J connectivity index is 2.13. The summed E-state index contributed by atoms with van der Waals surface area (Å²) in [6, 6.07) is 7.00. The van der Waals surface area contributed by atoms with Gasteiger partial charge in [-0.3, -0.25) is 4.90 Å². The summed E-state index contributed by atoms with van der Waals surface area (Å²) >= 11 is 0. The van der Waals surface area contributed by atoms with Gasteiger partial charge in [-0.05, 0) is 30.5 Å². The van der Waals surface area contributed by atoms with Crippen LogP contribution in [0.4, 0.5) is 4.39 Å². The summed E-state index contributed by atoms with van der Waals surface area (Å²) in [4.78, 5) is 2.28. The van der Waals surface area contributed by atoms with Gasteiger partial charge in [0.05, 0.1) is 6.10 Å². The van der Waals surface area contributed by atoms with Crippen LogP contribution in [0.2, 0.25) is 0 Å². The lowest BCUT2D eigenvalue weighted by atomic mass is 10.0. The molecule has 1 fully saturated rings. The molecule has 1 unspecified atom stereocenters. The molecule has 2 nitrogen and oxygen atoms in total. The van der Waals surface area contributed by atoms with Crippen molar-refractivity contribution in [2.24, 2.45) is 0 Å². The molecular weight excluding hydrogens is 205 g/mol. The zero-order valence-corrected chi connectivity index (χ0v) is 9.56. The monoisotopic (exact) mass is 223 g/mol. The Morgan fingerprint density at radius 3 is 2.62 bits per heavy atom. The van der Waals surface area contributed by atoms with Crippen LogP contribution < -0.4 is 0 Å². The molecule has 1 N–H and O–H groups in total. The molecule has 0 radical (unpaired) electrons. The second-order valence-electron chi connectivity index (χ2n) is 4.41. The molecule has 1 aliphatic rings. The smallest absolute Gasteiger partial charge is 0.123 e. The van der Waals surface area contributed by atoms with Crippen LogP contribution in [0.5, 0.6) is 0 Å². The van der Waals surface area contributed by atoms with Crippen LogP contribution in [0, 0.1) is 5.82 Å². The van der Waals surface area contributed by atoms with E-state index in [0.29, 0.717) is 6.04 Å². The van der Waals surface area contributed by atoms with E-state index in [4.69, 9.17) is 0 Å². The van der Waals surface area contributed by atoms with E-state index in [-0.39, 0.29) is 11.9 Å². The Hall–Kier alpha value is -0.930. The number of rotatable bonds is 3. The number of likely N-dealkylation sites (tertiary alicyclic amines) is 1. The van der Waals surface area contributed by atoms with Crippen LogP contribution in [0.25, 0.3) is 0 Å². The van der Waals surface area contributed by atoms with Crippen molar-refractivity contribution in [1.82, 2.24) is 4.90 Å². The molecule has 2 atom stereocenters. The highest BCUT2D eigenvalue weighted by Crippen LogP contribution is 2.27. The van der Waals surface area contributed by atoms with E-state index in [2.05, 4.69) is 11.8 Å². The second kappa shape index (κ2) is 4.93. The highest BCUT2D eigenvalue weighted by Gasteiger charge is 2.26. The largest absolute Gasteiger partial charge is 0.392 e. The highest BCUT2D eigenvalue weighted by molar-refractivity contribution is 5.20. The zero-order valence-electron chi connectivity index (χ0n) is 9.56. The van der Waals surface area contributed by atoms with E-state index < -0.39 is 0 Å². The molecule has 1 aromatic rings. The van der Waals surface area contributed by atoms with E-state index >= 15 is 0 Å². The molecule has 0 saturated carbocycles. The van der Waals surface area contributed by atoms with Gasteiger partial charge in [0.15, 0.2) is 0 Å². The molecule has 16 heavy (non-hydrogen) atoms. The van der Waals surface area contributed by atoms with Crippen molar-refractivity contribution in [1.29, 1.82) is 0 Å². The van der Waals surface area contributed by atoms with Gasteiger partial charge in [-0.2, -0.15) is 0 Å². The maximum Gasteiger partial charge on any atom is 0.123 e. The predicted octanol–water partition coefficient (Wildman–Crippen LogP) is 2.34. The van der Waals surface area contributed by atoms with Crippen molar-refractivity contribution in [3.63, 3.8) is 0 Å². The zero-order chi connectivity index (χ0) is 11.5. The summed E-state index contributed by atoms with van der Waals surface area (Å²) < 4.78 is 12.8. The van der Waals surface area contributed by atoms with Crippen molar-refractivity contribution in [2.75, 3.05) is 13.1 Å². The van der Waals surface area contributed by atoms with Crippen LogP contribution in [0.15, 0.2) is 24.3 Å². The molecule has 1 aliphatic heterocycles. The number of hydrogen-bond acceptors (Lipinski definition) is 2. The SMILES string of the molecule is CCC(c1ccc(F)cc1)N1CC[C@H](O)C1. The number of hydrogen-bond donors (Lipinski definition) is 1. The third kappa shape index (κ3) is 2.42. The first-order valence-corrected chi connectivity index (χ1v) is 5.88. The summed E-state index contributed by atoms with van der Waals surface area (Å²) in [6.07, 6.45) is 1.63. The fourth-order valence-electron chi connectivity index (χ4n) is 2.44. The van der Waals surface area contributed by atoms with Gasteiger partial charge in [0.1, 0.15) is 5.82 Å². The normalized spacial score (nSPS) is 23.6. The lowest BCUT2D eigenvalue weighted by Gasteiger charge is -2.26. The van der Waals surface area contributed by atoms with E-state index in [0.717, 1.165) is 31.5 Å². The number of halogens is 1. The van der Waals surface area contributed by atoms with E-state index in [1.807, 2.05) is 12.1 Å². The predicted molar refractivity (Wildman–Crippen MR) is 61.6 cm³/mol. The Morgan fingerprint density at radius 2 is 2.12 bits per heavy atom. The number of β-amino-alcohol motifs (C(OH)–C–C–N with tert-alkyl or cyclic N) is 1. The second-order valence-corrected chi connectivity index (χ2v) is 4.41. The Kier molecular flexibility index (Phi) is 3.56. The fourth-order valence-corrected chi connectivity index (χ4v) is 2.44. The highest BCUT2D eigenvalue weighted by atomic mass is 19.1. The number of benzene rings is 1. The lowest BCUT2D eigenvalue weighted by Crippen LogP contribution is -2.27. The number of nitrogens with zero attached hydrogens (tertiary/aromatic N) is 1. The molecule has 1 saturated heterocycles. The molecule has 2 rings (SSSR count). The van der Waals surface area contributed by atoms with Gasteiger partial charge in [0.25, 0.3) is 0 Å². The van der Waals surface area contributed by atoms with E-state index in [1.165, 1.54) is 12.1 Å². The van der Waals surface area contributed by atoms with E-state index in [1.54, 1.807) is 0 Å². The average molecular weight is 223 g/mol. The molecule has 0 amide bonds. The first kappa shape index (κ1) is 11.6. The van der Waals surface area contributed by atoms with Crippen LogP contribution in [0.1, 0.15) is 31.4 Å². The van der Waals surface area contributed by atoms with Gasteiger partial charge in [-0.25, -0.2) is 4.39 Å². The topological polar surface area (TPSA) is 23.5 Å². The first-order valence-electron chi connectivity index (χ1n) is 5.88. The molecule has 88 valence electrons. The van der Waals surface area contributed by atoms with Crippen LogP contribution >= 0.6 is 0 Å². The van der Waals surface area contributed by atoms with Crippen molar-refractivity contribution in [3.05, 3.63) is 35.6 Å². The average Bonchev–Trinajstić information content (AvgIpc) is 2.69. The van der Waals surface area contributed by atoms with E-state index in [9.17, 15) is 9.50 Å². The summed E-state index contributed by atoms with van der Waals surface area (Å²) in [7, 11) is 0. The van der Waals surface area contributed by atoms with Crippen LogP contribution in [0.3, 0.4) is 0 Å².